The predicted molar refractivity (Wildman–Crippen MR) is 303 cm³/mol. The van der Waals surface area contributed by atoms with Crippen LogP contribution in [0.1, 0.15) is 238 Å². The zero-order valence-electron chi connectivity index (χ0n) is 46.7. The van der Waals surface area contributed by atoms with Crippen LogP contribution in [0.25, 0.3) is 0 Å². The molecule has 0 unspecified atom stereocenters. The fourth-order valence-electron chi connectivity index (χ4n) is 14.8. The summed E-state index contributed by atoms with van der Waals surface area (Å²) < 4.78 is 1.55. The Morgan fingerprint density at radius 2 is 0.913 bits per heavy atom. The van der Waals surface area contributed by atoms with Gasteiger partial charge in [0.05, 0.1) is 5.69 Å². The summed E-state index contributed by atoms with van der Waals surface area (Å²) in [5.41, 5.74) is 25.6. The highest BCUT2D eigenvalue weighted by molar-refractivity contribution is 7.29. The maximum absolute atomic E-state index is 2.87. The van der Waals surface area contributed by atoms with Crippen molar-refractivity contribution in [2.75, 3.05) is 9.80 Å². The van der Waals surface area contributed by atoms with Crippen molar-refractivity contribution in [2.45, 2.75) is 239 Å². The molecule has 0 saturated heterocycles. The molecule has 0 saturated carbocycles. The van der Waals surface area contributed by atoms with Crippen molar-refractivity contribution >= 4 is 67.9 Å². The quantitative estimate of drug-likeness (QED) is 0.159. The van der Waals surface area contributed by atoms with Gasteiger partial charge in [-0.05, 0) is 204 Å². The Kier molecular flexibility index (Phi) is 9.83. The SMILES string of the molecule is Cc1c(N2c3cc(C(C)(C)C)cc4c3B(c3cc5c(cc3N4c3ccc4c(c3)C(C)(C)CCC4(C)C)C(C)(C)CCC5(C)C)c3sc4c(c32)C(C)(C)CCC4(C)C)ccc2c1C(C)(C)CCC2(C)C. The van der Waals surface area contributed by atoms with E-state index in [1.807, 2.05) is 0 Å². The monoisotopic (exact) mass is 937 g/mol. The molecule has 2 nitrogen and oxygen atoms in total. The van der Waals surface area contributed by atoms with Crippen molar-refractivity contribution in [3.05, 3.63) is 110 Å². The van der Waals surface area contributed by atoms with E-state index in [2.05, 4.69) is 214 Å². The van der Waals surface area contributed by atoms with E-state index < -0.39 is 0 Å². The Bertz CT molecular complexity index is 3020. The molecule has 0 bridgehead atoms. The third-order valence-electron chi connectivity index (χ3n) is 19.9. The van der Waals surface area contributed by atoms with Crippen molar-refractivity contribution in [3.8, 4) is 0 Å². The molecule has 11 rings (SSSR count). The van der Waals surface area contributed by atoms with Crippen LogP contribution < -0.4 is 25.5 Å². The molecule has 0 amide bonds. The molecule has 4 aliphatic carbocycles. The fourth-order valence-corrected chi connectivity index (χ4v) is 16.5. The molecule has 0 N–H and O–H groups in total. The van der Waals surface area contributed by atoms with E-state index in [1.165, 1.54) is 124 Å². The molecule has 3 heterocycles. The van der Waals surface area contributed by atoms with Gasteiger partial charge in [0.25, 0.3) is 6.71 Å². The zero-order valence-corrected chi connectivity index (χ0v) is 47.5. The summed E-state index contributed by atoms with van der Waals surface area (Å²) in [6.45, 7) is 50.2. The zero-order chi connectivity index (χ0) is 49.9. The number of hydrogen-bond acceptors (Lipinski definition) is 3. The molecule has 1 aromatic heterocycles. The van der Waals surface area contributed by atoms with Gasteiger partial charge < -0.3 is 9.80 Å². The maximum atomic E-state index is 2.87. The molecule has 4 aromatic carbocycles. The average molecular weight is 937 g/mol. The van der Waals surface area contributed by atoms with Crippen LogP contribution in [0.15, 0.2) is 54.6 Å². The molecule has 69 heavy (non-hydrogen) atoms. The Balaban J connectivity index is 1.32. The fraction of sp³-hybridized carbons (Fsp3) is 0.569. The largest absolute Gasteiger partial charge is 0.311 e. The lowest BCUT2D eigenvalue weighted by Crippen LogP contribution is -2.61. The molecule has 4 heteroatoms. The Hall–Kier alpha value is -3.76. The molecule has 2 aliphatic heterocycles. The van der Waals surface area contributed by atoms with E-state index in [0.29, 0.717) is 0 Å². The number of nitrogens with zero attached hydrogens (tertiary/aromatic N) is 2. The van der Waals surface area contributed by atoms with Gasteiger partial charge in [-0.15, -0.1) is 0 Å². The summed E-state index contributed by atoms with van der Waals surface area (Å²) in [6, 6.07) is 23.6. The normalized spacial score (nSPS) is 23.2. The molecule has 6 aliphatic rings. The lowest BCUT2D eigenvalue weighted by atomic mass is 9.35. The summed E-state index contributed by atoms with van der Waals surface area (Å²) in [5, 5.41) is 0. The Labute approximate surface area is 423 Å². The average Bonchev–Trinajstić information content (AvgIpc) is 3.67. The van der Waals surface area contributed by atoms with Gasteiger partial charge in [0, 0.05) is 38.1 Å². The van der Waals surface area contributed by atoms with Gasteiger partial charge in [0.15, 0.2) is 0 Å². The van der Waals surface area contributed by atoms with Crippen LogP contribution in [0.3, 0.4) is 0 Å². The molecular formula is C65H85BN2S. The molecule has 5 aromatic rings. The standard InChI is InChI=1S/C65H85BN2S/c1-38-47(24-23-42-51(38)63(15,16)30-29-59(42,7)8)68-50-34-39(57(2,3)4)33-49-53(50)66(56-54(68)52-55(69-56)65(19,20)32-31-64(52,17)18)46-36-44-45(62(13,14)28-27-61(44,11)12)37-48(46)67(49)40-21-22-41-43(35-40)60(9,10)26-25-58(41,5)6/h21-24,33-37H,25-32H2,1-20H3. The van der Waals surface area contributed by atoms with Crippen LogP contribution in [-0.4, -0.2) is 6.71 Å². The van der Waals surface area contributed by atoms with Crippen molar-refractivity contribution < 1.29 is 0 Å². The molecule has 0 fully saturated rings. The van der Waals surface area contributed by atoms with Gasteiger partial charge in [-0.3, -0.25) is 0 Å². The topological polar surface area (TPSA) is 6.48 Å². The summed E-state index contributed by atoms with van der Waals surface area (Å²) in [7, 11) is 0. The number of hydrogen-bond donors (Lipinski definition) is 0. The van der Waals surface area contributed by atoms with Crippen LogP contribution in [0.5, 0.6) is 0 Å². The van der Waals surface area contributed by atoms with E-state index in [0.717, 1.165) is 0 Å². The van der Waals surface area contributed by atoms with Gasteiger partial charge in [0.2, 0.25) is 0 Å². The van der Waals surface area contributed by atoms with Crippen molar-refractivity contribution in [2.24, 2.45) is 0 Å². The van der Waals surface area contributed by atoms with Gasteiger partial charge in [0.1, 0.15) is 0 Å². The number of anilines is 6. The molecule has 364 valence electrons. The number of rotatable bonds is 2. The van der Waals surface area contributed by atoms with Gasteiger partial charge in [-0.1, -0.05) is 150 Å². The number of fused-ring (bicyclic) bond motifs is 9. The minimum atomic E-state index is -0.0884. The smallest absolute Gasteiger partial charge is 0.264 e. The second-order valence-corrected chi connectivity index (χ2v) is 30.7. The van der Waals surface area contributed by atoms with Crippen LogP contribution in [-0.2, 0) is 48.7 Å². The highest BCUT2D eigenvalue weighted by Gasteiger charge is 2.53. The first-order valence-electron chi connectivity index (χ1n) is 27.2. The van der Waals surface area contributed by atoms with Gasteiger partial charge in [-0.25, -0.2) is 0 Å². The second-order valence-electron chi connectivity index (χ2n) is 29.7. The Morgan fingerprint density at radius 1 is 0.449 bits per heavy atom. The molecule has 0 spiro atoms. The van der Waals surface area contributed by atoms with Gasteiger partial charge >= 0.3 is 0 Å². The molecule has 0 radical (unpaired) electrons. The van der Waals surface area contributed by atoms with Crippen LogP contribution in [0, 0.1) is 6.92 Å². The highest BCUT2D eigenvalue weighted by atomic mass is 32.1. The lowest BCUT2D eigenvalue weighted by Gasteiger charge is -2.49. The Morgan fingerprint density at radius 3 is 1.49 bits per heavy atom. The van der Waals surface area contributed by atoms with E-state index >= 15 is 0 Å². The minimum Gasteiger partial charge on any atom is -0.311 e. The van der Waals surface area contributed by atoms with Crippen LogP contribution >= 0.6 is 11.3 Å². The van der Waals surface area contributed by atoms with E-state index in [9.17, 15) is 0 Å². The minimum absolute atomic E-state index is 0.0215. The highest BCUT2D eigenvalue weighted by Crippen LogP contribution is 2.59. The van der Waals surface area contributed by atoms with Gasteiger partial charge in [-0.2, -0.15) is 11.3 Å². The van der Waals surface area contributed by atoms with Crippen LogP contribution in [0.4, 0.5) is 34.1 Å². The summed E-state index contributed by atoms with van der Waals surface area (Å²) in [4.78, 5) is 7.27. The van der Waals surface area contributed by atoms with E-state index in [4.69, 9.17) is 0 Å². The van der Waals surface area contributed by atoms with Crippen molar-refractivity contribution in [3.63, 3.8) is 0 Å². The van der Waals surface area contributed by atoms with Crippen molar-refractivity contribution in [1.82, 2.24) is 0 Å². The third-order valence-corrected chi connectivity index (χ3v) is 21.5. The van der Waals surface area contributed by atoms with E-state index in [1.54, 1.807) is 31.9 Å². The predicted octanol–water partition coefficient (Wildman–Crippen LogP) is 16.8. The second kappa shape index (κ2) is 14.3. The maximum Gasteiger partial charge on any atom is 0.264 e. The number of thiophene rings is 1. The number of benzene rings is 4. The summed E-state index contributed by atoms with van der Waals surface area (Å²) >= 11 is 2.18. The first-order chi connectivity index (χ1) is 31.7. The van der Waals surface area contributed by atoms with Crippen LogP contribution in [0.2, 0.25) is 0 Å². The van der Waals surface area contributed by atoms with E-state index in [-0.39, 0.29) is 55.4 Å². The first-order valence-corrected chi connectivity index (χ1v) is 28.0. The molecular weight excluding hydrogens is 852 g/mol. The first kappa shape index (κ1) is 47.6. The summed E-state index contributed by atoms with van der Waals surface area (Å²) in [6.07, 6.45) is 9.62. The third kappa shape index (κ3) is 6.73. The summed E-state index contributed by atoms with van der Waals surface area (Å²) in [5.74, 6) is 0. The lowest BCUT2D eigenvalue weighted by molar-refractivity contribution is 0.330. The van der Waals surface area contributed by atoms with Crippen molar-refractivity contribution in [1.29, 1.82) is 0 Å². The molecule has 0 atom stereocenters.